The Morgan fingerprint density at radius 2 is 2.00 bits per heavy atom. The van der Waals surface area contributed by atoms with E-state index >= 15 is 0 Å². The van der Waals surface area contributed by atoms with Crippen molar-refractivity contribution in [1.29, 1.82) is 0 Å². The Bertz CT molecular complexity index is 623. The van der Waals surface area contributed by atoms with E-state index in [4.69, 9.17) is 0 Å². The van der Waals surface area contributed by atoms with Crippen LogP contribution in [-0.2, 0) is 0 Å². The lowest BCUT2D eigenvalue weighted by Gasteiger charge is -2.18. The Hall–Kier alpha value is -1.97. The number of aromatic nitrogens is 2. The van der Waals surface area contributed by atoms with Gasteiger partial charge in [-0.2, -0.15) is 0 Å². The third-order valence-corrected chi connectivity index (χ3v) is 3.53. The zero-order valence-electron chi connectivity index (χ0n) is 13.1. The molecular weight excluding hydrogens is 265 g/mol. The molecule has 112 valence electrons. The van der Waals surface area contributed by atoms with Gasteiger partial charge in [-0.3, -0.25) is 0 Å². The Kier molecular flexibility index (Phi) is 4.89. The van der Waals surface area contributed by atoms with Gasteiger partial charge >= 0.3 is 0 Å². The van der Waals surface area contributed by atoms with Crippen molar-refractivity contribution >= 4 is 5.82 Å². The first-order valence-electron chi connectivity index (χ1n) is 7.40. The number of anilines is 1. The molecule has 0 saturated heterocycles. The molecule has 1 aromatic heterocycles. The molecule has 0 saturated carbocycles. The molecule has 1 aromatic carbocycles. The zero-order valence-corrected chi connectivity index (χ0v) is 13.1. The van der Waals surface area contributed by atoms with Crippen LogP contribution in [0.4, 0.5) is 10.2 Å². The minimum atomic E-state index is -0.205. The van der Waals surface area contributed by atoms with Gasteiger partial charge in [-0.25, -0.2) is 14.4 Å². The zero-order chi connectivity index (χ0) is 15.4. The maximum Gasteiger partial charge on any atom is 0.133 e. The molecule has 0 atom stereocenters. The van der Waals surface area contributed by atoms with Crippen LogP contribution in [0.1, 0.15) is 44.2 Å². The topological polar surface area (TPSA) is 37.8 Å². The highest BCUT2D eigenvalue weighted by Crippen LogP contribution is 2.33. The van der Waals surface area contributed by atoms with Gasteiger partial charge in [0.2, 0.25) is 0 Å². The van der Waals surface area contributed by atoms with E-state index in [9.17, 15) is 4.39 Å². The summed E-state index contributed by atoms with van der Waals surface area (Å²) in [6, 6.07) is 5.12. The first-order valence-corrected chi connectivity index (χ1v) is 7.40. The van der Waals surface area contributed by atoms with Gasteiger partial charge in [-0.15, -0.1) is 0 Å². The quantitative estimate of drug-likeness (QED) is 0.877. The standard InChI is InChI=1S/C17H22FN3/c1-5-9-19-17-15(11(2)3)16(20-10-21-17)13-7-6-8-14(18)12(13)4/h6-8,10-11H,5,9H2,1-4H3,(H,19,20,21). The molecule has 0 amide bonds. The first-order chi connectivity index (χ1) is 10.1. The molecule has 0 aliphatic rings. The van der Waals surface area contributed by atoms with E-state index in [-0.39, 0.29) is 11.7 Å². The number of hydrogen-bond donors (Lipinski definition) is 1. The Balaban J connectivity index is 2.60. The summed E-state index contributed by atoms with van der Waals surface area (Å²) < 4.78 is 13.8. The van der Waals surface area contributed by atoms with Crippen LogP contribution in [0, 0.1) is 12.7 Å². The molecule has 2 rings (SSSR count). The molecule has 3 nitrogen and oxygen atoms in total. The van der Waals surface area contributed by atoms with Gasteiger partial charge in [0.1, 0.15) is 18.0 Å². The Labute approximate surface area is 125 Å². The van der Waals surface area contributed by atoms with Crippen LogP contribution in [-0.4, -0.2) is 16.5 Å². The molecule has 0 spiro atoms. The molecule has 4 heteroatoms. The second kappa shape index (κ2) is 6.66. The lowest BCUT2D eigenvalue weighted by molar-refractivity contribution is 0.619. The smallest absolute Gasteiger partial charge is 0.133 e. The summed E-state index contributed by atoms with van der Waals surface area (Å²) in [5.41, 5.74) is 3.32. The van der Waals surface area contributed by atoms with Crippen molar-refractivity contribution in [3.63, 3.8) is 0 Å². The average molecular weight is 287 g/mol. The van der Waals surface area contributed by atoms with Crippen molar-refractivity contribution in [2.24, 2.45) is 0 Å². The van der Waals surface area contributed by atoms with Gasteiger partial charge in [0.15, 0.2) is 0 Å². The molecule has 1 heterocycles. The van der Waals surface area contributed by atoms with Crippen LogP contribution >= 0.6 is 0 Å². The van der Waals surface area contributed by atoms with Crippen molar-refractivity contribution in [2.45, 2.75) is 40.0 Å². The summed E-state index contributed by atoms with van der Waals surface area (Å²) in [5, 5.41) is 3.34. The van der Waals surface area contributed by atoms with E-state index in [1.165, 1.54) is 6.07 Å². The molecule has 0 aliphatic carbocycles. The van der Waals surface area contributed by atoms with Gasteiger partial charge < -0.3 is 5.32 Å². The predicted octanol–water partition coefficient (Wildman–Crippen LogP) is 4.54. The van der Waals surface area contributed by atoms with Crippen LogP contribution in [0.2, 0.25) is 0 Å². The molecule has 1 N–H and O–H groups in total. The predicted molar refractivity (Wildman–Crippen MR) is 85.0 cm³/mol. The molecule has 21 heavy (non-hydrogen) atoms. The first kappa shape index (κ1) is 15.4. The number of nitrogens with zero attached hydrogens (tertiary/aromatic N) is 2. The third-order valence-electron chi connectivity index (χ3n) is 3.53. The van der Waals surface area contributed by atoms with Crippen LogP contribution in [0.15, 0.2) is 24.5 Å². The van der Waals surface area contributed by atoms with Crippen molar-refractivity contribution in [1.82, 2.24) is 9.97 Å². The van der Waals surface area contributed by atoms with Crippen molar-refractivity contribution < 1.29 is 4.39 Å². The fourth-order valence-corrected chi connectivity index (χ4v) is 2.41. The van der Waals surface area contributed by atoms with E-state index in [2.05, 4.69) is 36.1 Å². The van der Waals surface area contributed by atoms with Crippen LogP contribution < -0.4 is 5.32 Å². The van der Waals surface area contributed by atoms with E-state index in [0.29, 0.717) is 5.56 Å². The highest BCUT2D eigenvalue weighted by atomic mass is 19.1. The van der Waals surface area contributed by atoms with E-state index in [1.54, 1.807) is 19.3 Å². The molecular formula is C17H22FN3. The average Bonchev–Trinajstić information content (AvgIpc) is 2.47. The monoisotopic (exact) mass is 287 g/mol. The normalized spacial score (nSPS) is 11.0. The van der Waals surface area contributed by atoms with E-state index in [0.717, 1.165) is 35.6 Å². The molecule has 2 aromatic rings. The number of rotatable bonds is 5. The lowest BCUT2D eigenvalue weighted by atomic mass is 9.95. The second-order valence-corrected chi connectivity index (χ2v) is 5.48. The minimum absolute atomic E-state index is 0.205. The summed E-state index contributed by atoms with van der Waals surface area (Å²) in [6.45, 7) is 8.97. The molecule has 0 fully saturated rings. The van der Waals surface area contributed by atoms with Crippen LogP contribution in [0.5, 0.6) is 0 Å². The second-order valence-electron chi connectivity index (χ2n) is 5.48. The van der Waals surface area contributed by atoms with Gasteiger partial charge in [-0.1, -0.05) is 32.9 Å². The molecule has 0 radical (unpaired) electrons. The SMILES string of the molecule is CCCNc1ncnc(-c2cccc(F)c2C)c1C(C)C. The molecule has 0 aliphatic heterocycles. The summed E-state index contributed by atoms with van der Waals surface area (Å²) in [7, 11) is 0. The van der Waals surface area contributed by atoms with Gasteiger partial charge in [-0.05, 0) is 30.9 Å². The highest BCUT2D eigenvalue weighted by Gasteiger charge is 2.18. The summed E-state index contributed by atoms with van der Waals surface area (Å²) >= 11 is 0. The van der Waals surface area contributed by atoms with Crippen molar-refractivity contribution in [3.8, 4) is 11.3 Å². The number of nitrogens with one attached hydrogen (secondary N) is 1. The van der Waals surface area contributed by atoms with Crippen LogP contribution in [0.3, 0.4) is 0 Å². The maximum absolute atomic E-state index is 13.8. The van der Waals surface area contributed by atoms with Crippen LogP contribution in [0.25, 0.3) is 11.3 Å². The van der Waals surface area contributed by atoms with Crippen molar-refractivity contribution in [2.75, 3.05) is 11.9 Å². The Morgan fingerprint density at radius 1 is 1.24 bits per heavy atom. The van der Waals surface area contributed by atoms with E-state index in [1.807, 2.05) is 6.07 Å². The van der Waals surface area contributed by atoms with E-state index < -0.39 is 0 Å². The fraction of sp³-hybridized carbons (Fsp3) is 0.412. The van der Waals surface area contributed by atoms with Gasteiger partial charge in [0.05, 0.1) is 5.69 Å². The number of halogens is 1. The van der Waals surface area contributed by atoms with Crippen molar-refractivity contribution in [3.05, 3.63) is 41.5 Å². The maximum atomic E-state index is 13.8. The highest BCUT2D eigenvalue weighted by molar-refractivity contribution is 5.71. The summed E-state index contributed by atoms with van der Waals surface area (Å²) in [5.74, 6) is 0.896. The molecule has 0 unspecified atom stereocenters. The van der Waals surface area contributed by atoms with Gasteiger partial charge in [0.25, 0.3) is 0 Å². The molecule has 0 bridgehead atoms. The number of hydrogen-bond acceptors (Lipinski definition) is 3. The third kappa shape index (κ3) is 3.20. The van der Waals surface area contributed by atoms with Gasteiger partial charge in [0, 0.05) is 17.7 Å². The largest absolute Gasteiger partial charge is 0.370 e. The summed E-state index contributed by atoms with van der Waals surface area (Å²) in [6.07, 6.45) is 2.57. The Morgan fingerprint density at radius 3 is 2.67 bits per heavy atom. The fourth-order valence-electron chi connectivity index (χ4n) is 2.41. The number of benzene rings is 1. The minimum Gasteiger partial charge on any atom is -0.370 e. The lowest BCUT2D eigenvalue weighted by Crippen LogP contribution is -2.09. The summed E-state index contributed by atoms with van der Waals surface area (Å²) in [4.78, 5) is 8.78.